The van der Waals surface area contributed by atoms with Crippen LogP contribution in [0.5, 0.6) is 0 Å². The second kappa shape index (κ2) is 7.40. The summed E-state index contributed by atoms with van der Waals surface area (Å²) < 4.78 is 14.2. The molecule has 2 aromatic heterocycles. The Balaban J connectivity index is 1.49. The number of amides is 1. The molecule has 1 aliphatic rings. The van der Waals surface area contributed by atoms with E-state index in [2.05, 4.69) is 15.5 Å². The first kappa shape index (κ1) is 17.5. The molecule has 1 N–H and O–H groups in total. The van der Waals surface area contributed by atoms with Crippen LogP contribution in [0.2, 0.25) is 0 Å². The molecule has 0 bridgehead atoms. The van der Waals surface area contributed by atoms with Gasteiger partial charge in [0, 0.05) is 4.88 Å². The summed E-state index contributed by atoms with van der Waals surface area (Å²) in [5.41, 5.74) is 3.95. The summed E-state index contributed by atoms with van der Waals surface area (Å²) in [6.45, 7) is -0.160. The number of hydrogen-bond acceptors (Lipinski definition) is 5. The highest BCUT2D eigenvalue weighted by Crippen LogP contribution is 2.33. The SMILES string of the molecule is O=C(Cn1cnc2sc3c(c2c1=O)CCCC3)NN=Cc1ccc(F)cc1. The Morgan fingerprint density at radius 1 is 1.30 bits per heavy atom. The van der Waals surface area contributed by atoms with Crippen molar-refractivity contribution < 1.29 is 9.18 Å². The third kappa shape index (κ3) is 3.66. The zero-order valence-electron chi connectivity index (χ0n) is 14.4. The second-order valence-electron chi connectivity index (χ2n) is 6.41. The van der Waals surface area contributed by atoms with Crippen LogP contribution in [0.4, 0.5) is 4.39 Å². The second-order valence-corrected chi connectivity index (χ2v) is 7.50. The number of aromatic nitrogens is 2. The molecule has 0 atom stereocenters. The smallest absolute Gasteiger partial charge is 0.262 e. The third-order valence-electron chi connectivity index (χ3n) is 4.53. The molecular formula is C19H17FN4O2S. The average Bonchev–Trinajstić information content (AvgIpc) is 3.05. The first-order valence-corrected chi connectivity index (χ1v) is 9.50. The summed E-state index contributed by atoms with van der Waals surface area (Å²) in [4.78, 5) is 31.3. The molecule has 138 valence electrons. The quantitative estimate of drug-likeness (QED) is 0.555. The molecule has 1 aliphatic carbocycles. The van der Waals surface area contributed by atoms with E-state index in [-0.39, 0.29) is 17.9 Å². The Morgan fingerprint density at radius 3 is 2.89 bits per heavy atom. The van der Waals surface area contributed by atoms with Crippen LogP contribution in [0, 0.1) is 5.82 Å². The molecule has 3 aromatic rings. The van der Waals surface area contributed by atoms with Gasteiger partial charge in [-0.1, -0.05) is 12.1 Å². The number of aryl methyl sites for hydroxylation is 2. The number of nitrogens with one attached hydrogen (secondary N) is 1. The van der Waals surface area contributed by atoms with Crippen molar-refractivity contribution in [1.29, 1.82) is 0 Å². The molecular weight excluding hydrogens is 367 g/mol. The fourth-order valence-electron chi connectivity index (χ4n) is 3.21. The fraction of sp³-hybridized carbons (Fsp3) is 0.263. The number of rotatable bonds is 4. The number of hydrazone groups is 1. The molecule has 1 amide bonds. The van der Waals surface area contributed by atoms with Crippen LogP contribution in [-0.4, -0.2) is 21.7 Å². The van der Waals surface area contributed by atoms with Gasteiger partial charge in [-0.2, -0.15) is 5.10 Å². The Labute approximate surface area is 158 Å². The lowest BCUT2D eigenvalue weighted by molar-refractivity contribution is -0.121. The highest BCUT2D eigenvalue weighted by atomic mass is 32.1. The van der Waals surface area contributed by atoms with Crippen LogP contribution in [-0.2, 0) is 24.2 Å². The van der Waals surface area contributed by atoms with Gasteiger partial charge in [0.2, 0.25) is 0 Å². The van der Waals surface area contributed by atoms with E-state index in [1.807, 2.05) is 0 Å². The topological polar surface area (TPSA) is 76.3 Å². The monoisotopic (exact) mass is 384 g/mol. The Kier molecular flexibility index (Phi) is 4.81. The highest BCUT2D eigenvalue weighted by molar-refractivity contribution is 7.18. The molecule has 0 unspecified atom stereocenters. The predicted octanol–water partition coefficient (Wildman–Crippen LogP) is 2.63. The number of hydrogen-bond donors (Lipinski definition) is 1. The summed E-state index contributed by atoms with van der Waals surface area (Å²) in [5, 5.41) is 4.49. The summed E-state index contributed by atoms with van der Waals surface area (Å²) in [7, 11) is 0. The van der Waals surface area contributed by atoms with Crippen LogP contribution in [0.3, 0.4) is 0 Å². The molecule has 2 heterocycles. The minimum atomic E-state index is -0.430. The number of fused-ring (bicyclic) bond motifs is 3. The number of nitrogens with zero attached hydrogens (tertiary/aromatic N) is 3. The van der Waals surface area contributed by atoms with E-state index in [1.165, 1.54) is 34.1 Å². The van der Waals surface area contributed by atoms with Gasteiger partial charge >= 0.3 is 0 Å². The van der Waals surface area contributed by atoms with Gasteiger partial charge in [0.1, 0.15) is 17.2 Å². The van der Waals surface area contributed by atoms with Crippen molar-refractivity contribution in [2.45, 2.75) is 32.2 Å². The zero-order valence-corrected chi connectivity index (χ0v) is 15.3. The van der Waals surface area contributed by atoms with Gasteiger partial charge in [0.25, 0.3) is 11.5 Å². The minimum Gasteiger partial charge on any atom is -0.289 e. The summed E-state index contributed by atoms with van der Waals surface area (Å²) >= 11 is 1.58. The van der Waals surface area contributed by atoms with E-state index in [9.17, 15) is 14.0 Å². The number of benzene rings is 1. The molecule has 0 saturated carbocycles. The maximum Gasteiger partial charge on any atom is 0.262 e. The Hall–Kier alpha value is -2.87. The zero-order chi connectivity index (χ0) is 18.8. The van der Waals surface area contributed by atoms with E-state index in [0.717, 1.165) is 36.1 Å². The number of carbonyl (C=O) groups is 1. The van der Waals surface area contributed by atoms with Crippen LogP contribution in [0.25, 0.3) is 10.2 Å². The van der Waals surface area contributed by atoms with Crippen molar-refractivity contribution in [3.63, 3.8) is 0 Å². The van der Waals surface area contributed by atoms with Crippen molar-refractivity contribution >= 4 is 33.7 Å². The van der Waals surface area contributed by atoms with Crippen molar-refractivity contribution in [2.75, 3.05) is 0 Å². The van der Waals surface area contributed by atoms with E-state index in [1.54, 1.807) is 23.5 Å². The molecule has 0 spiro atoms. The van der Waals surface area contributed by atoms with Crippen molar-refractivity contribution in [3.05, 3.63) is 62.8 Å². The predicted molar refractivity (Wildman–Crippen MR) is 103 cm³/mol. The van der Waals surface area contributed by atoms with E-state index >= 15 is 0 Å². The number of thiophene rings is 1. The lowest BCUT2D eigenvalue weighted by Crippen LogP contribution is -2.30. The maximum atomic E-state index is 12.9. The number of carbonyl (C=O) groups excluding carboxylic acids is 1. The van der Waals surface area contributed by atoms with Gasteiger partial charge in [-0.05, 0) is 48.9 Å². The molecule has 8 heteroatoms. The molecule has 0 fully saturated rings. The average molecular weight is 384 g/mol. The first-order chi connectivity index (χ1) is 13.1. The largest absolute Gasteiger partial charge is 0.289 e. The lowest BCUT2D eigenvalue weighted by atomic mass is 9.97. The van der Waals surface area contributed by atoms with Crippen LogP contribution >= 0.6 is 11.3 Å². The molecule has 0 aliphatic heterocycles. The van der Waals surface area contributed by atoms with E-state index in [0.29, 0.717) is 10.9 Å². The standard InChI is InChI=1S/C19H17FN4O2S/c20-13-7-5-12(6-8-13)9-22-23-16(25)10-24-11-21-18-17(19(24)26)14-3-1-2-4-15(14)27-18/h5-9,11H,1-4,10H2,(H,23,25). The van der Waals surface area contributed by atoms with E-state index < -0.39 is 5.91 Å². The van der Waals surface area contributed by atoms with E-state index in [4.69, 9.17) is 0 Å². The Bertz CT molecular complexity index is 1090. The maximum absolute atomic E-state index is 12.9. The van der Waals surface area contributed by atoms with Gasteiger partial charge in [0.15, 0.2) is 0 Å². The van der Waals surface area contributed by atoms with Crippen LogP contribution < -0.4 is 11.0 Å². The highest BCUT2D eigenvalue weighted by Gasteiger charge is 2.20. The van der Waals surface area contributed by atoms with Gasteiger partial charge in [-0.15, -0.1) is 11.3 Å². The van der Waals surface area contributed by atoms with Crippen LogP contribution in [0.1, 0.15) is 28.8 Å². The molecule has 0 radical (unpaired) electrons. The minimum absolute atomic E-state index is 0.160. The van der Waals surface area contributed by atoms with Gasteiger partial charge < -0.3 is 0 Å². The first-order valence-electron chi connectivity index (χ1n) is 8.69. The number of halogens is 1. The van der Waals surface area contributed by atoms with Gasteiger partial charge in [-0.3, -0.25) is 14.2 Å². The van der Waals surface area contributed by atoms with Crippen LogP contribution in [0.15, 0.2) is 40.5 Å². The summed E-state index contributed by atoms with van der Waals surface area (Å²) in [6, 6.07) is 5.72. The van der Waals surface area contributed by atoms with Gasteiger partial charge in [0.05, 0.1) is 17.9 Å². The molecule has 0 saturated heterocycles. The molecule has 27 heavy (non-hydrogen) atoms. The fourth-order valence-corrected chi connectivity index (χ4v) is 4.43. The third-order valence-corrected chi connectivity index (χ3v) is 5.73. The van der Waals surface area contributed by atoms with Gasteiger partial charge in [-0.25, -0.2) is 14.8 Å². The van der Waals surface area contributed by atoms with Crippen molar-refractivity contribution in [3.8, 4) is 0 Å². The molecule has 4 rings (SSSR count). The normalized spacial score (nSPS) is 13.8. The van der Waals surface area contributed by atoms with Crippen molar-refractivity contribution in [1.82, 2.24) is 15.0 Å². The summed E-state index contributed by atoms with van der Waals surface area (Å²) in [6.07, 6.45) is 6.93. The molecule has 6 nitrogen and oxygen atoms in total. The summed E-state index contributed by atoms with van der Waals surface area (Å²) in [5.74, 6) is -0.769. The molecule has 1 aromatic carbocycles. The lowest BCUT2D eigenvalue weighted by Gasteiger charge is -2.10. The Morgan fingerprint density at radius 2 is 2.07 bits per heavy atom. The van der Waals surface area contributed by atoms with Crippen molar-refractivity contribution in [2.24, 2.45) is 5.10 Å².